The Morgan fingerprint density at radius 2 is 1.89 bits per heavy atom. The fourth-order valence-electron chi connectivity index (χ4n) is 2.49. The maximum atomic E-state index is 13.1. The number of nitrogens with zero attached hydrogens (tertiary/aromatic N) is 1. The van der Waals surface area contributed by atoms with Crippen LogP contribution in [0.25, 0.3) is 0 Å². The summed E-state index contributed by atoms with van der Waals surface area (Å²) in [4.78, 5) is 11.7. The monoisotopic (exact) mass is 427 g/mol. The molecule has 0 fully saturated rings. The fraction of sp³-hybridized carbons (Fsp3) is 0.211. The lowest BCUT2D eigenvalue weighted by Gasteiger charge is -2.22. The predicted molar refractivity (Wildman–Crippen MR) is 107 cm³/mol. The highest BCUT2D eigenvalue weighted by molar-refractivity contribution is 7.89. The lowest BCUT2D eigenvalue weighted by Crippen LogP contribution is -2.31. The van der Waals surface area contributed by atoms with Gasteiger partial charge in [0.15, 0.2) is 5.78 Å². The van der Waals surface area contributed by atoms with Crippen LogP contribution in [0, 0.1) is 0 Å². The second-order valence-corrected chi connectivity index (χ2v) is 8.50. The molecule has 0 saturated carbocycles. The number of sulfonamides is 1. The van der Waals surface area contributed by atoms with Gasteiger partial charge in [-0.15, -0.1) is 6.58 Å². The zero-order valence-electron chi connectivity index (χ0n) is 14.9. The summed E-state index contributed by atoms with van der Waals surface area (Å²) in [6.45, 7) is 5.14. The Labute approximate surface area is 169 Å². The Morgan fingerprint density at radius 1 is 1.19 bits per heavy atom. The van der Waals surface area contributed by atoms with Crippen LogP contribution in [-0.4, -0.2) is 32.2 Å². The van der Waals surface area contributed by atoms with E-state index in [2.05, 4.69) is 6.58 Å². The van der Waals surface area contributed by atoms with Gasteiger partial charge in [0.2, 0.25) is 10.0 Å². The molecule has 0 saturated heterocycles. The van der Waals surface area contributed by atoms with Gasteiger partial charge in [0, 0.05) is 24.2 Å². The predicted octanol–water partition coefficient (Wildman–Crippen LogP) is 4.58. The van der Waals surface area contributed by atoms with Crippen molar-refractivity contribution in [1.82, 2.24) is 4.31 Å². The number of ether oxygens (including phenoxy) is 1. The molecule has 2 aromatic carbocycles. The summed E-state index contributed by atoms with van der Waals surface area (Å²) >= 11 is 11.9. The van der Waals surface area contributed by atoms with Crippen molar-refractivity contribution < 1.29 is 17.9 Å². The van der Waals surface area contributed by atoms with Gasteiger partial charge in [-0.2, -0.15) is 4.31 Å². The van der Waals surface area contributed by atoms with E-state index in [9.17, 15) is 13.2 Å². The highest BCUT2D eigenvalue weighted by atomic mass is 35.5. The van der Waals surface area contributed by atoms with Gasteiger partial charge < -0.3 is 4.74 Å². The van der Waals surface area contributed by atoms with Gasteiger partial charge in [-0.3, -0.25) is 4.79 Å². The van der Waals surface area contributed by atoms with Crippen LogP contribution in [0.5, 0.6) is 5.75 Å². The first-order chi connectivity index (χ1) is 12.7. The van der Waals surface area contributed by atoms with Crippen LogP contribution in [0.2, 0.25) is 10.0 Å². The third-order valence-electron chi connectivity index (χ3n) is 3.90. The van der Waals surface area contributed by atoms with Crippen LogP contribution in [0.1, 0.15) is 22.8 Å². The molecule has 5 nitrogen and oxygen atoms in total. The molecule has 0 heterocycles. The fourth-order valence-corrected chi connectivity index (χ4v) is 4.27. The standard InChI is InChI=1S/C19H19Cl2NO4S/c1-4-9-22(27(24,25)16-6-7-17(20)18(21)11-16)12-15-10-14(13(2)23)5-8-19(15)26-3/h4-8,10-11H,1,9,12H2,2-3H3. The molecule has 2 aromatic rings. The van der Waals surface area contributed by atoms with E-state index in [4.69, 9.17) is 27.9 Å². The molecule has 0 aliphatic heterocycles. The van der Waals surface area contributed by atoms with Crippen molar-refractivity contribution in [2.75, 3.05) is 13.7 Å². The quantitative estimate of drug-likeness (QED) is 0.456. The van der Waals surface area contributed by atoms with E-state index in [1.807, 2.05) is 0 Å². The topological polar surface area (TPSA) is 63.7 Å². The van der Waals surface area contributed by atoms with E-state index < -0.39 is 10.0 Å². The van der Waals surface area contributed by atoms with Crippen LogP contribution < -0.4 is 4.74 Å². The van der Waals surface area contributed by atoms with Crippen molar-refractivity contribution in [2.45, 2.75) is 18.4 Å². The summed E-state index contributed by atoms with van der Waals surface area (Å²) in [6.07, 6.45) is 1.48. The summed E-state index contributed by atoms with van der Waals surface area (Å²) < 4.78 is 32.7. The van der Waals surface area contributed by atoms with Crippen molar-refractivity contribution >= 4 is 39.0 Å². The number of carbonyl (C=O) groups is 1. The molecular formula is C19H19Cl2NO4S. The number of carbonyl (C=O) groups excluding carboxylic acids is 1. The Balaban J connectivity index is 2.48. The van der Waals surface area contributed by atoms with E-state index in [1.54, 1.807) is 18.2 Å². The summed E-state index contributed by atoms with van der Waals surface area (Å²) in [5.41, 5.74) is 1.03. The minimum atomic E-state index is -3.88. The first-order valence-corrected chi connectivity index (χ1v) is 10.1. The number of benzene rings is 2. The summed E-state index contributed by atoms with van der Waals surface area (Å²) in [7, 11) is -2.40. The molecule has 0 spiro atoms. The van der Waals surface area contributed by atoms with Gasteiger partial charge in [-0.1, -0.05) is 29.3 Å². The molecule has 8 heteroatoms. The summed E-state index contributed by atoms with van der Waals surface area (Å²) in [6, 6.07) is 9.03. The molecular weight excluding hydrogens is 409 g/mol. The third-order valence-corrected chi connectivity index (χ3v) is 6.44. The molecule has 0 aliphatic rings. The molecule has 2 rings (SSSR count). The normalized spacial score (nSPS) is 11.4. The lowest BCUT2D eigenvalue weighted by molar-refractivity contribution is 0.101. The molecule has 144 valence electrons. The van der Waals surface area contributed by atoms with Gasteiger partial charge >= 0.3 is 0 Å². The minimum Gasteiger partial charge on any atom is -0.496 e. The summed E-state index contributed by atoms with van der Waals surface area (Å²) in [5, 5.41) is 0.411. The maximum absolute atomic E-state index is 13.1. The van der Waals surface area contributed by atoms with E-state index in [0.717, 1.165) is 0 Å². The van der Waals surface area contributed by atoms with Crippen molar-refractivity contribution in [3.8, 4) is 5.75 Å². The molecule has 0 radical (unpaired) electrons. The van der Waals surface area contributed by atoms with Gasteiger partial charge in [0.25, 0.3) is 0 Å². The SMILES string of the molecule is C=CCN(Cc1cc(C(C)=O)ccc1OC)S(=O)(=O)c1ccc(Cl)c(Cl)c1. The number of hydrogen-bond acceptors (Lipinski definition) is 4. The first-order valence-electron chi connectivity index (χ1n) is 7.94. The van der Waals surface area contributed by atoms with Crippen molar-refractivity contribution in [1.29, 1.82) is 0 Å². The molecule has 0 aromatic heterocycles. The number of hydrogen-bond donors (Lipinski definition) is 0. The molecule has 0 bridgehead atoms. The molecule has 0 atom stereocenters. The number of Topliss-reactive ketones (excluding diaryl/α,β-unsaturated/α-hetero) is 1. The van der Waals surface area contributed by atoms with Crippen molar-refractivity contribution in [3.63, 3.8) is 0 Å². The molecule has 27 heavy (non-hydrogen) atoms. The average Bonchev–Trinajstić information content (AvgIpc) is 2.63. The zero-order chi connectivity index (χ0) is 20.2. The van der Waals surface area contributed by atoms with E-state index in [-0.39, 0.29) is 33.8 Å². The van der Waals surface area contributed by atoms with E-state index in [0.29, 0.717) is 16.9 Å². The highest BCUT2D eigenvalue weighted by Gasteiger charge is 2.25. The van der Waals surface area contributed by atoms with Crippen LogP contribution in [-0.2, 0) is 16.6 Å². The molecule has 0 unspecified atom stereocenters. The van der Waals surface area contributed by atoms with Crippen LogP contribution in [0.4, 0.5) is 0 Å². The highest BCUT2D eigenvalue weighted by Crippen LogP contribution is 2.29. The number of methoxy groups -OCH3 is 1. The van der Waals surface area contributed by atoms with E-state index in [1.165, 1.54) is 42.6 Å². The van der Waals surface area contributed by atoms with Gasteiger partial charge in [0.1, 0.15) is 5.75 Å². The molecule has 0 aliphatic carbocycles. The minimum absolute atomic E-state index is 0.00110. The largest absolute Gasteiger partial charge is 0.496 e. The average molecular weight is 428 g/mol. The third kappa shape index (κ3) is 4.90. The van der Waals surface area contributed by atoms with Crippen molar-refractivity contribution in [3.05, 3.63) is 70.2 Å². The zero-order valence-corrected chi connectivity index (χ0v) is 17.2. The van der Waals surface area contributed by atoms with Crippen molar-refractivity contribution in [2.24, 2.45) is 0 Å². The van der Waals surface area contributed by atoms with Crippen LogP contribution >= 0.6 is 23.2 Å². The number of ketones is 1. The van der Waals surface area contributed by atoms with Gasteiger partial charge in [-0.25, -0.2) is 8.42 Å². The number of halogens is 2. The van der Waals surface area contributed by atoms with Gasteiger partial charge in [0.05, 0.1) is 22.1 Å². The maximum Gasteiger partial charge on any atom is 0.243 e. The summed E-state index contributed by atoms with van der Waals surface area (Å²) in [5.74, 6) is 0.361. The second-order valence-electron chi connectivity index (χ2n) is 5.74. The lowest BCUT2D eigenvalue weighted by atomic mass is 10.1. The Morgan fingerprint density at radius 3 is 2.44 bits per heavy atom. The van der Waals surface area contributed by atoms with E-state index >= 15 is 0 Å². The smallest absolute Gasteiger partial charge is 0.243 e. The molecule has 0 N–H and O–H groups in total. The molecule has 0 amide bonds. The first kappa shape index (κ1) is 21.4. The second kappa shape index (κ2) is 8.89. The number of rotatable bonds is 8. The van der Waals surface area contributed by atoms with Crippen LogP contribution in [0.15, 0.2) is 53.9 Å². The Hall–Kier alpha value is -1.86. The Bertz CT molecular complexity index is 974. The van der Waals surface area contributed by atoms with Crippen LogP contribution in [0.3, 0.4) is 0 Å². The Kier molecular flexibility index (Phi) is 7.06. The van der Waals surface area contributed by atoms with Gasteiger partial charge in [-0.05, 0) is 43.3 Å².